The Morgan fingerprint density at radius 3 is 2.65 bits per heavy atom. The molecule has 4 rings (SSSR count). The Balaban J connectivity index is 1.65. The normalized spacial score (nSPS) is 16.8. The molecule has 0 bridgehead atoms. The summed E-state index contributed by atoms with van der Waals surface area (Å²) in [5, 5.41) is 1.54. The summed E-state index contributed by atoms with van der Waals surface area (Å²) in [5.74, 6) is 0.947. The van der Waals surface area contributed by atoms with E-state index in [0.29, 0.717) is 9.90 Å². The first kappa shape index (κ1) is 17.6. The molecule has 1 atom stereocenters. The summed E-state index contributed by atoms with van der Waals surface area (Å²) < 4.78 is 0. The quantitative estimate of drug-likeness (QED) is 0.568. The fourth-order valence-electron chi connectivity index (χ4n) is 3.04. The molecule has 0 aliphatic carbocycles. The Hall–Kier alpha value is -1.82. The lowest BCUT2D eigenvalue weighted by Gasteiger charge is -2.24. The number of benzene rings is 2. The number of carbonyl (C=O) groups excluding carboxylic acids is 1. The largest absolute Gasteiger partial charge is 0.321 e. The molecule has 1 amide bonds. The van der Waals surface area contributed by atoms with Gasteiger partial charge in [0.05, 0.1) is 5.69 Å². The highest BCUT2D eigenvalue weighted by Crippen LogP contribution is 2.42. The van der Waals surface area contributed by atoms with Crippen molar-refractivity contribution in [3.63, 3.8) is 0 Å². The number of aromatic nitrogens is 1. The molecule has 1 saturated heterocycles. The molecule has 1 unspecified atom stereocenters. The molecular formula is C20H17ClN2OS2. The Bertz CT molecular complexity index is 942. The summed E-state index contributed by atoms with van der Waals surface area (Å²) in [4.78, 5) is 20.5. The molecule has 132 valence electrons. The van der Waals surface area contributed by atoms with Gasteiger partial charge in [-0.2, -0.15) is 0 Å². The molecular weight excluding hydrogens is 384 g/mol. The van der Waals surface area contributed by atoms with Crippen LogP contribution in [0, 0.1) is 6.92 Å². The first-order chi connectivity index (χ1) is 12.6. The first-order valence-electron chi connectivity index (χ1n) is 8.35. The van der Waals surface area contributed by atoms with Crippen molar-refractivity contribution >= 4 is 40.6 Å². The molecule has 0 N–H and O–H groups in total. The molecule has 1 fully saturated rings. The second-order valence-corrected chi connectivity index (χ2v) is 8.64. The second kappa shape index (κ2) is 7.43. The van der Waals surface area contributed by atoms with Gasteiger partial charge < -0.3 is 4.90 Å². The van der Waals surface area contributed by atoms with Crippen LogP contribution >= 0.6 is 34.7 Å². The van der Waals surface area contributed by atoms with Crippen LogP contribution in [0.25, 0.3) is 10.6 Å². The number of thiazole rings is 1. The van der Waals surface area contributed by atoms with Crippen LogP contribution in [0.1, 0.15) is 26.3 Å². The lowest BCUT2D eigenvalue weighted by molar-refractivity contribution is 0.0764. The minimum Gasteiger partial charge on any atom is -0.321 e. The fourth-order valence-corrected chi connectivity index (χ4v) is 5.66. The lowest BCUT2D eigenvalue weighted by Crippen LogP contribution is -2.30. The Morgan fingerprint density at radius 2 is 1.88 bits per heavy atom. The third-order valence-electron chi connectivity index (χ3n) is 4.33. The second-order valence-electron chi connectivity index (χ2n) is 6.04. The number of amides is 1. The summed E-state index contributed by atoms with van der Waals surface area (Å²) in [7, 11) is 0. The Kier molecular flexibility index (Phi) is 5.02. The summed E-state index contributed by atoms with van der Waals surface area (Å²) in [6.07, 6.45) is 0. The molecule has 0 radical (unpaired) electrons. The van der Waals surface area contributed by atoms with Crippen molar-refractivity contribution in [3.8, 4) is 10.6 Å². The van der Waals surface area contributed by atoms with Crippen molar-refractivity contribution in [2.24, 2.45) is 0 Å². The average molecular weight is 401 g/mol. The number of rotatable bonds is 3. The maximum absolute atomic E-state index is 13.2. The molecule has 1 aliphatic rings. The van der Waals surface area contributed by atoms with Crippen molar-refractivity contribution in [1.82, 2.24) is 9.88 Å². The number of carbonyl (C=O) groups is 1. The van der Waals surface area contributed by atoms with Gasteiger partial charge in [-0.15, -0.1) is 23.1 Å². The number of thioether (sulfide) groups is 1. The van der Waals surface area contributed by atoms with Gasteiger partial charge in [-0.1, -0.05) is 60.1 Å². The third kappa shape index (κ3) is 3.27. The van der Waals surface area contributed by atoms with Crippen LogP contribution in [0.3, 0.4) is 0 Å². The van der Waals surface area contributed by atoms with Crippen molar-refractivity contribution in [2.45, 2.75) is 12.3 Å². The average Bonchev–Trinajstić information content (AvgIpc) is 3.29. The first-order valence-corrected chi connectivity index (χ1v) is 10.6. The van der Waals surface area contributed by atoms with Crippen molar-refractivity contribution in [3.05, 3.63) is 75.8 Å². The van der Waals surface area contributed by atoms with Crippen LogP contribution in [0.15, 0.2) is 54.6 Å². The fraction of sp³-hybridized carbons (Fsp3) is 0.200. The zero-order valence-electron chi connectivity index (χ0n) is 14.2. The van der Waals surface area contributed by atoms with Gasteiger partial charge in [0.25, 0.3) is 5.91 Å². The van der Waals surface area contributed by atoms with E-state index in [0.717, 1.165) is 34.1 Å². The van der Waals surface area contributed by atoms with E-state index in [1.165, 1.54) is 11.3 Å². The highest BCUT2D eigenvalue weighted by atomic mass is 35.5. The number of aryl methyl sites for hydroxylation is 1. The van der Waals surface area contributed by atoms with Crippen LogP contribution in [0.4, 0.5) is 0 Å². The van der Waals surface area contributed by atoms with Gasteiger partial charge in [-0.25, -0.2) is 4.98 Å². The van der Waals surface area contributed by atoms with E-state index in [4.69, 9.17) is 11.6 Å². The van der Waals surface area contributed by atoms with Crippen LogP contribution in [0.5, 0.6) is 0 Å². The molecule has 1 aromatic heterocycles. The van der Waals surface area contributed by atoms with E-state index in [-0.39, 0.29) is 11.3 Å². The molecule has 0 spiro atoms. The van der Waals surface area contributed by atoms with Crippen LogP contribution < -0.4 is 0 Å². The van der Waals surface area contributed by atoms with Crippen LogP contribution in [-0.4, -0.2) is 28.1 Å². The summed E-state index contributed by atoms with van der Waals surface area (Å²) in [6.45, 7) is 2.63. The van der Waals surface area contributed by atoms with Crippen LogP contribution in [-0.2, 0) is 0 Å². The van der Waals surface area contributed by atoms with Crippen molar-refractivity contribution < 1.29 is 4.79 Å². The monoisotopic (exact) mass is 400 g/mol. The van der Waals surface area contributed by atoms with E-state index in [1.54, 1.807) is 11.8 Å². The van der Waals surface area contributed by atoms with Gasteiger partial charge in [0.2, 0.25) is 0 Å². The molecule has 2 heterocycles. The molecule has 3 nitrogen and oxygen atoms in total. The van der Waals surface area contributed by atoms with E-state index in [2.05, 4.69) is 4.98 Å². The number of halogens is 1. The summed E-state index contributed by atoms with van der Waals surface area (Å²) in [6, 6.07) is 17.7. The minimum absolute atomic E-state index is 0.0390. The lowest BCUT2D eigenvalue weighted by atomic mass is 10.2. The number of hydrogen-bond donors (Lipinski definition) is 0. The number of hydrogen-bond acceptors (Lipinski definition) is 4. The van der Waals surface area contributed by atoms with Gasteiger partial charge >= 0.3 is 0 Å². The topological polar surface area (TPSA) is 33.2 Å². The summed E-state index contributed by atoms with van der Waals surface area (Å²) in [5.41, 5.74) is 2.82. The molecule has 26 heavy (non-hydrogen) atoms. The molecule has 0 saturated carbocycles. The zero-order chi connectivity index (χ0) is 18.1. The molecule has 2 aromatic carbocycles. The predicted octanol–water partition coefficient (Wildman–Crippen LogP) is 5.66. The zero-order valence-corrected chi connectivity index (χ0v) is 16.6. The van der Waals surface area contributed by atoms with Gasteiger partial charge in [0.15, 0.2) is 0 Å². The van der Waals surface area contributed by atoms with Crippen molar-refractivity contribution in [2.75, 3.05) is 12.3 Å². The molecule has 1 aliphatic heterocycles. The van der Waals surface area contributed by atoms with Crippen LogP contribution in [0.2, 0.25) is 5.02 Å². The molecule has 6 heteroatoms. The Labute approximate surface area is 166 Å². The molecule has 3 aromatic rings. The standard InChI is InChI=1S/C20H17ClN2OS2/c1-13-17(26-18(22-13)14-7-3-2-4-8-14)19(24)23-11-12-25-20(23)15-9-5-6-10-16(15)21/h2-10,20H,11-12H2,1H3. The van der Waals surface area contributed by atoms with E-state index >= 15 is 0 Å². The van der Waals surface area contributed by atoms with Gasteiger partial charge in [0.1, 0.15) is 15.3 Å². The minimum atomic E-state index is -0.0436. The van der Waals surface area contributed by atoms with Gasteiger partial charge in [0, 0.05) is 28.4 Å². The predicted molar refractivity (Wildman–Crippen MR) is 110 cm³/mol. The van der Waals surface area contributed by atoms with E-state index < -0.39 is 0 Å². The van der Waals surface area contributed by atoms with E-state index in [9.17, 15) is 4.79 Å². The maximum atomic E-state index is 13.2. The van der Waals surface area contributed by atoms with Gasteiger partial charge in [-0.3, -0.25) is 4.79 Å². The highest BCUT2D eigenvalue weighted by molar-refractivity contribution is 7.99. The number of nitrogens with zero attached hydrogens (tertiary/aromatic N) is 2. The smallest absolute Gasteiger partial charge is 0.267 e. The van der Waals surface area contributed by atoms with Gasteiger partial charge in [-0.05, 0) is 13.0 Å². The Morgan fingerprint density at radius 1 is 1.15 bits per heavy atom. The summed E-state index contributed by atoms with van der Waals surface area (Å²) >= 11 is 9.59. The highest BCUT2D eigenvalue weighted by Gasteiger charge is 2.34. The maximum Gasteiger partial charge on any atom is 0.267 e. The van der Waals surface area contributed by atoms with Crippen molar-refractivity contribution in [1.29, 1.82) is 0 Å². The third-order valence-corrected chi connectivity index (χ3v) is 7.12. The SMILES string of the molecule is Cc1nc(-c2ccccc2)sc1C(=O)N1CCSC1c1ccccc1Cl. The van der Waals surface area contributed by atoms with E-state index in [1.807, 2.05) is 66.4 Å².